The molecule has 1 aliphatic rings. The van der Waals surface area contributed by atoms with Crippen LogP contribution in [0.1, 0.15) is 50.7 Å². The zero-order valence-electron chi connectivity index (χ0n) is 15.4. The molecule has 0 radical (unpaired) electrons. The Morgan fingerprint density at radius 1 is 1.36 bits per heavy atom. The van der Waals surface area contributed by atoms with Gasteiger partial charge in [0.05, 0.1) is 6.61 Å². The fourth-order valence-electron chi connectivity index (χ4n) is 3.02. The molecule has 25 heavy (non-hydrogen) atoms. The van der Waals surface area contributed by atoms with Crippen molar-refractivity contribution in [3.8, 4) is 5.75 Å². The second-order valence-electron chi connectivity index (χ2n) is 6.93. The van der Waals surface area contributed by atoms with Crippen LogP contribution in [0.2, 0.25) is 0 Å². The molecule has 0 spiro atoms. The van der Waals surface area contributed by atoms with Crippen LogP contribution in [0.3, 0.4) is 0 Å². The predicted molar refractivity (Wildman–Crippen MR) is 94.1 cm³/mol. The maximum absolute atomic E-state index is 12.1. The smallest absolute Gasteiger partial charge is 0.407 e. The molecule has 0 aromatic heterocycles. The minimum absolute atomic E-state index is 0.138. The van der Waals surface area contributed by atoms with Crippen molar-refractivity contribution in [2.45, 2.75) is 52.1 Å². The van der Waals surface area contributed by atoms with Gasteiger partial charge in [0, 0.05) is 19.0 Å². The SMILES string of the molecule is CCOC(=O)C(C)(C)Oc1cc(C2CCCN(C(=O)O)C2)ccc1C. The number of hydrogen-bond acceptors (Lipinski definition) is 4. The van der Waals surface area contributed by atoms with Crippen LogP contribution in [-0.4, -0.2) is 47.4 Å². The molecule has 1 fully saturated rings. The molecular weight excluding hydrogens is 322 g/mol. The van der Waals surface area contributed by atoms with Gasteiger partial charge in [-0.3, -0.25) is 0 Å². The van der Waals surface area contributed by atoms with Gasteiger partial charge in [-0.1, -0.05) is 12.1 Å². The van der Waals surface area contributed by atoms with E-state index in [1.807, 2.05) is 25.1 Å². The fraction of sp³-hybridized carbons (Fsp3) is 0.579. The van der Waals surface area contributed by atoms with E-state index in [0.717, 1.165) is 24.0 Å². The highest BCUT2D eigenvalue weighted by Crippen LogP contribution is 2.32. The van der Waals surface area contributed by atoms with E-state index >= 15 is 0 Å². The number of carboxylic acid groups (broad SMARTS) is 1. The topological polar surface area (TPSA) is 76.1 Å². The zero-order chi connectivity index (χ0) is 18.6. The number of esters is 1. The Labute approximate surface area is 148 Å². The van der Waals surface area contributed by atoms with Crippen LogP contribution >= 0.6 is 0 Å². The Hall–Kier alpha value is -2.24. The zero-order valence-corrected chi connectivity index (χ0v) is 15.4. The summed E-state index contributed by atoms with van der Waals surface area (Å²) in [7, 11) is 0. The standard InChI is InChI=1S/C19H27NO5/c1-5-24-17(21)19(3,4)25-16-11-14(9-8-13(16)2)15-7-6-10-20(12-15)18(22)23/h8-9,11,15H,5-7,10,12H2,1-4H3,(H,22,23). The number of carbonyl (C=O) groups is 2. The van der Waals surface area contributed by atoms with Gasteiger partial charge < -0.3 is 19.5 Å². The summed E-state index contributed by atoms with van der Waals surface area (Å²) in [4.78, 5) is 24.7. The van der Waals surface area contributed by atoms with Gasteiger partial charge in [0.25, 0.3) is 0 Å². The summed E-state index contributed by atoms with van der Waals surface area (Å²) in [6.45, 7) is 8.42. The summed E-state index contributed by atoms with van der Waals surface area (Å²) >= 11 is 0. The highest BCUT2D eigenvalue weighted by Gasteiger charge is 2.32. The Balaban J connectivity index is 2.20. The summed E-state index contributed by atoms with van der Waals surface area (Å²) in [6, 6.07) is 5.88. The number of likely N-dealkylation sites (tertiary alicyclic amines) is 1. The van der Waals surface area contributed by atoms with E-state index in [4.69, 9.17) is 9.47 Å². The fourth-order valence-corrected chi connectivity index (χ4v) is 3.02. The molecular formula is C19H27NO5. The average molecular weight is 349 g/mol. The lowest BCUT2D eigenvalue weighted by atomic mass is 9.90. The van der Waals surface area contributed by atoms with Crippen LogP contribution in [0.4, 0.5) is 4.79 Å². The number of ether oxygens (including phenoxy) is 2. The van der Waals surface area contributed by atoms with Gasteiger partial charge >= 0.3 is 12.1 Å². The van der Waals surface area contributed by atoms with E-state index in [1.54, 1.807) is 20.8 Å². The van der Waals surface area contributed by atoms with Crippen molar-refractivity contribution in [2.75, 3.05) is 19.7 Å². The molecule has 0 bridgehead atoms. The minimum atomic E-state index is -1.08. The highest BCUT2D eigenvalue weighted by molar-refractivity contribution is 5.79. The molecule has 0 aliphatic carbocycles. The lowest BCUT2D eigenvalue weighted by Gasteiger charge is -2.31. The highest BCUT2D eigenvalue weighted by atomic mass is 16.6. The Bertz CT molecular complexity index is 641. The molecule has 1 atom stereocenters. The molecule has 0 saturated carbocycles. The second-order valence-corrected chi connectivity index (χ2v) is 6.93. The summed E-state index contributed by atoms with van der Waals surface area (Å²) in [5.41, 5.74) is 0.872. The van der Waals surface area contributed by atoms with Crippen LogP contribution in [0.15, 0.2) is 18.2 Å². The maximum Gasteiger partial charge on any atom is 0.407 e. The molecule has 1 heterocycles. The first-order chi connectivity index (χ1) is 11.7. The molecule has 6 heteroatoms. The van der Waals surface area contributed by atoms with Gasteiger partial charge in [-0.2, -0.15) is 0 Å². The number of aryl methyl sites for hydroxylation is 1. The lowest BCUT2D eigenvalue weighted by molar-refractivity contribution is -0.158. The van der Waals surface area contributed by atoms with Crippen LogP contribution in [0, 0.1) is 6.92 Å². The first-order valence-electron chi connectivity index (χ1n) is 8.69. The van der Waals surface area contributed by atoms with Gasteiger partial charge in [-0.05, 0) is 57.7 Å². The van der Waals surface area contributed by atoms with Gasteiger partial charge in [0.1, 0.15) is 5.75 Å². The first-order valence-corrected chi connectivity index (χ1v) is 8.69. The Kier molecular flexibility index (Phi) is 5.93. The molecule has 1 unspecified atom stereocenters. The number of nitrogens with zero attached hydrogens (tertiary/aromatic N) is 1. The molecule has 1 aromatic carbocycles. The normalized spacial score (nSPS) is 17.9. The van der Waals surface area contributed by atoms with Crippen molar-refractivity contribution >= 4 is 12.1 Å². The third-order valence-electron chi connectivity index (χ3n) is 4.51. The summed E-state index contributed by atoms with van der Waals surface area (Å²) < 4.78 is 11.0. The van der Waals surface area contributed by atoms with E-state index in [9.17, 15) is 14.7 Å². The van der Waals surface area contributed by atoms with E-state index in [-0.39, 0.29) is 5.92 Å². The van der Waals surface area contributed by atoms with Gasteiger partial charge in [-0.15, -0.1) is 0 Å². The second kappa shape index (κ2) is 7.76. The van der Waals surface area contributed by atoms with Crippen LogP contribution < -0.4 is 4.74 Å². The number of piperidine rings is 1. The van der Waals surface area contributed by atoms with E-state index in [2.05, 4.69) is 0 Å². The van der Waals surface area contributed by atoms with E-state index in [0.29, 0.717) is 25.4 Å². The summed E-state index contributed by atoms with van der Waals surface area (Å²) in [5, 5.41) is 9.22. The largest absolute Gasteiger partial charge is 0.476 e. The van der Waals surface area contributed by atoms with Crippen molar-refractivity contribution in [3.05, 3.63) is 29.3 Å². The quantitative estimate of drug-likeness (QED) is 0.823. The third kappa shape index (κ3) is 4.65. The molecule has 1 aliphatic heterocycles. The molecule has 1 saturated heterocycles. The van der Waals surface area contributed by atoms with Crippen LogP contribution in [0.5, 0.6) is 5.75 Å². The third-order valence-corrected chi connectivity index (χ3v) is 4.51. The van der Waals surface area contributed by atoms with Crippen molar-refractivity contribution < 1.29 is 24.2 Å². The van der Waals surface area contributed by atoms with Crippen molar-refractivity contribution in [1.29, 1.82) is 0 Å². The predicted octanol–water partition coefficient (Wildman–Crippen LogP) is 3.57. The van der Waals surface area contributed by atoms with Crippen molar-refractivity contribution in [3.63, 3.8) is 0 Å². The summed E-state index contributed by atoms with van der Waals surface area (Å²) in [5.74, 6) is 0.357. The van der Waals surface area contributed by atoms with E-state index < -0.39 is 17.7 Å². The van der Waals surface area contributed by atoms with Crippen LogP contribution in [0.25, 0.3) is 0 Å². The van der Waals surface area contributed by atoms with Crippen molar-refractivity contribution in [1.82, 2.24) is 4.90 Å². The van der Waals surface area contributed by atoms with E-state index in [1.165, 1.54) is 4.90 Å². The first kappa shape index (κ1) is 19.1. The lowest BCUT2D eigenvalue weighted by Crippen LogP contribution is -2.40. The van der Waals surface area contributed by atoms with Gasteiger partial charge in [0.2, 0.25) is 0 Å². The number of hydrogen-bond donors (Lipinski definition) is 1. The molecule has 1 aromatic rings. The Morgan fingerprint density at radius 2 is 2.08 bits per heavy atom. The minimum Gasteiger partial charge on any atom is -0.476 e. The van der Waals surface area contributed by atoms with Gasteiger partial charge in [0.15, 0.2) is 5.60 Å². The average Bonchev–Trinajstić information content (AvgIpc) is 2.57. The molecule has 2 rings (SSSR count). The maximum atomic E-state index is 12.1. The number of rotatable bonds is 5. The Morgan fingerprint density at radius 3 is 2.72 bits per heavy atom. The number of amides is 1. The molecule has 1 N–H and O–H groups in total. The van der Waals surface area contributed by atoms with Crippen molar-refractivity contribution in [2.24, 2.45) is 0 Å². The van der Waals surface area contributed by atoms with Crippen LogP contribution in [-0.2, 0) is 9.53 Å². The van der Waals surface area contributed by atoms with Gasteiger partial charge in [-0.25, -0.2) is 9.59 Å². The number of carbonyl (C=O) groups excluding carboxylic acids is 1. The summed E-state index contributed by atoms with van der Waals surface area (Å²) in [6.07, 6.45) is 0.903. The molecule has 6 nitrogen and oxygen atoms in total. The monoisotopic (exact) mass is 349 g/mol. The number of benzene rings is 1. The molecule has 1 amide bonds. The molecule has 138 valence electrons.